The van der Waals surface area contributed by atoms with Crippen molar-refractivity contribution in [2.24, 2.45) is 0 Å². The topological polar surface area (TPSA) is 136 Å². The first-order valence-corrected chi connectivity index (χ1v) is 14.2. The van der Waals surface area contributed by atoms with E-state index in [2.05, 4.69) is 46.3 Å². The average molecular weight is 588 g/mol. The number of aliphatic hydroxyl groups is 1. The van der Waals surface area contributed by atoms with E-state index in [1.54, 1.807) is 23.0 Å². The number of hydrogen-bond donors (Lipinski definition) is 3. The van der Waals surface area contributed by atoms with Gasteiger partial charge in [0, 0.05) is 55.0 Å². The van der Waals surface area contributed by atoms with Crippen molar-refractivity contribution < 1.29 is 24.1 Å². The molecule has 0 aliphatic carbocycles. The van der Waals surface area contributed by atoms with Crippen molar-refractivity contribution in [3.8, 4) is 23.1 Å². The second-order valence-electron chi connectivity index (χ2n) is 11.0. The summed E-state index contributed by atoms with van der Waals surface area (Å²) in [6.45, 7) is 9.19. The first-order valence-electron chi connectivity index (χ1n) is 14.2. The van der Waals surface area contributed by atoms with Gasteiger partial charge in [-0.05, 0) is 18.2 Å². The number of anilines is 2. The lowest BCUT2D eigenvalue weighted by atomic mass is 9.92. The molecule has 0 atom stereocenters. The summed E-state index contributed by atoms with van der Waals surface area (Å²) in [7, 11) is 0. The number of amides is 2. The monoisotopic (exact) mass is 587 g/mol. The van der Waals surface area contributed by atoms with Crippen LogP contribution >= 0.6 is 0 Å². The minimum atomic E-state index is -0.402. The van der Waals surface area contributed by atoms with Gasteiger partial charge < -0.3 is 29.5 Å². The highest BCUT2D eigenvalue weighted by Gasteiger charge is 2.22. The van der Waals surface area contributed by atoms with Gasteiger partial charge in [-0.2, -0.15) is 10.1 Å². The van der Waals surface area contributed by atoms with Crippen LogP contribution in [0.5, 0.6) is 17.4 Å². The standard InChI is InChI=1S/C31H37N7O5/c1-31(2,3)26-20-27(38(36-26)23-8-6-9-24(19-23)42-18-15-39)34-30(40)33-21-22-7-4-5-10-25(22)43-28-11-12-32-29(35-28)37-13-16-41-17-14-37/h4-12,19-20,39H,13-18,21H2,1-3H3,(H2,33,34,40). The lowest BCUT2D eigenvalue weighted by Gasteiger charge is -2.26. The lowest BCUT2D eigenvalue weighted by Crippen LogP contribution is -2.37. The number of ether oxygens (including phenoxy) is 3. The number of nitrogens with zero attached hydrogens (tertiary/aromatic N) is 5. The fraction of sp³-hybridized carbons (Fsp3) is 0.355. The lowest BCUT2D eigenvalue weighted by molar-refractivity contribution is 0.122. The first kappa shape index (κ1) is 29.8. The van der Waals surface area contributed by atoms with Crippen molar-refractivity contribution in [2.75, 3.05) is 49.7 Å². The van der Waals surface area contributed by atoms with Crippen LogP contribution in [0.15, 0.2) is 66.9 Å². The maximum absolute atomic E-state index is 13.1. The molecule has 43 heavy (non-hydrogen) atoms. The van der Waals surface area contributed by atoms with Gasteiger partial charge in [0.1, 0.15) is 23.9 Å². The fourth-order valence-corrected chi connectivity index (χ4v) is 4.41. The molecule has 0 unspecified atom stereocenters. The summed E-state index contributed by atoms with van der Waals surface area (Å²) in [6.07, 6.45) is 1.67. The third kappa shape index (κ3) is 7.79. The van der Waals surface area contributed by atoms with E-state index in [0.29, 0.717) is 48.0 Å². The largest absolute Gasteiger partial charge is 0.491 e. The third-order valence-corrected chi connectivity index (χ3v) is 6.68. The number of carbonyl (C=O) groups excluding carboxylic acids is 1. The molecular weight excluding hydrogens is 550 g/mol. The van der Waals surface area contributed by atoms with Crippen LogP contribution in [0.4, 0.5) is 16.6 Å². The quantitative estimate of drug-likeness (QED) is 0.248. The van der Waals surface area contributed by atoms with Crippen molar-refractivity contribution in [3.63, 3.8) is 0 Å². The van der Waals surface area contributed by atoms with E-state index < -0.39 is 6.03 Å². The minimum Gasteiger partial charge on any atom is -0.491 e. The molecule has 2 aromatic heterocycles. The zero-order valence-corrected chi connectivity index (χ0v) is 24.6. The average Bonchev–Trinajstić information content (AvgIpc) is 3.45. The van der Waals surface area contributed by atoms with Gasteiger partial charge in [-0.25, -0.2) is 14.5 Å². The molecule has 1 aliphatic rings. The predicted molar refractivity (Wildman–Crippen MR) is 162 cm³/mol. The second kappa shape index (κ2) is 13.5. The van der Waals surface area contributed by atoms with Crippen molar-refractivity contribution in [1.82, 2.24) is 25.1 Å². The number of para-hydroxylation sites is 1. The molecule has 0 bridgehead atoms. The number of carbonyl (C=O) groups is 1. The summed E-state index contributed by atoms with van der Waals surface area (Å²) in [5, 5.41) is 19.8. The Hall–Kier alpha value is -4.68. The highest BCUT2D eigenvalue weighted by molar-refractivity contribution is 5.88. The molecule has 0 saturated carbocycles. The Morgan fingerprint density at radius 1 is 1.07 bits per heavy atom. The van der Waals surface area contributed by atoms with Gasteiger partial charge in [0.25, 0.3) is 0 Å². The van der Waals surface area contributed by atoms with Crippen molar-refractivity contribution in [2.45, 2.75) is 32.7 Å². The number of urea groups is 1. The van der Waals surface area contributed by atoms with E-state index >= 15 is 0 Å². The second-order valence-corrected chi connectivity index (χ2v) is 11.0. The van der Waals surface area contributed by atoms with Gasteiger partial charge in [0.05, 0.1) is 31.2 Å². The number of benzene rings is 2. The summed E-state index contributed by atoms with van der Waals surface area (Å²) in [4.78, 5) is 24.1. The number of aliphatic hydroxyl groups excluding tert-OH is 1. The van der Waals surface area contributed by atoms with Crippen LogP contribution in [0.1, 0.15) is 32.0 Å². The molecule has 4 aromatic rings. The van der Waals surface area contributed by atoms with E-state index in [9.17, 15) is 4.79 Å². The molecule has 3 N–H and O–H groups in total. The molecule has 5 rings (SSSR count). The van der Waals surface area contributed by atoms with Crippen molar-refractivity contribution in [3.05, 3.63) is 78.1 Å². The van der Waals surface area contributed by atoms with Gasteiger partial charge in [-0.1, -0.05) is 45.0 Å². The van der Waals surface area contributed by atoms with E-state index in [-0.39, 0.29) is 25.2 Å². The van der Waals surface area contributed by atoms with Crippen LogP contribution in [0, 0.1) is 0 Å². The Bertz CT molecular complexity index is 1530. The van der Waals surface area contributed by atoms with Crippen LogP contribution in [0.2, 0.25) is 0 Å². The number of hydrogen-bond acceptors (Lipinski definition) is 9. The van der Waals surface area contributed by atoms with Crippen LogP contribution < -0.4 is 25.0 Å². The summed E-state index contributed by atoms with van der Waals surface area (Å²) < 4.78 is 18.8. The van der Waals surface area contributed by atoms with E-state index in [1.807, 2.05) is 48.5 Å². The highest BCUT2D eigenvalue weighted by atomic mass is 16.5. The molecule has 12 heteroatoms. The molecular formula is C31H37N7O5. The number of rotatable bonds is 10. The van der Waals surface area contributed by atoms with Gasteiger partial charge in [0.2, 0.25) is 11.8 Å². The molecule has 2 aromatic carbocycles. The van der Waals surface area contributed by atoms with Crippen molar-refractivity contribution in [1.29, 1.82) is 0 Å². The third-order valence-electron chi connectivity index (χ3n) is 6.68. The van der Waals surface area contributed by atoms with Gasteiger partial charge >= 0.3 is 6.03 Å². The van der Waals surface area contributed by atoms with Gasteiger partial charge in [-0.15, -0.1) is 0 Å². The first-order chi connectivity index (χ1) is 20.8. The maximum atomic E-state index is 13.1. The summed E-state index contributed by atoms with van der Waals surface area (Å²) in [6, 6.07) is 18.0. The normalized spacial score (nSPS) is 13.4. The van der Waals surface area contributed by atoms with Gasteiger partial charge in [-0.3, -0.25) is 5.32 Å². The number of nitrogens with one attached hydrogen (secondary N) is 2. The Balaban J connectivity index is 1.29. The molecule has 0 radical (unpaired) electrons. The van der Waals surface area contributed by atoms with E-state index in [0.717, 1.165) is 24.3 Å². The number of morpholine rings is 1. The summed E-state index contributed by atoms with van der Waals surface area (Å²) >= 11 is 0. The van der Waals surface area contributed by atoms with Gasteiger partial charge in [0.15, 0.2) is 0 Å². The van der Waals surface area contributed by atoms with E-state index in [4.69, 9.17) is 24.4 Å². The molecule has 226 valence electrons. The number of aromatic nitrogens is 4. The minimum absolute atomic E-state index is 0.0874. The van der Waals surface area contributed by atoms with Crippen LogP contribution in [-0.4, -0.2) is 70.4 Å². The molecule has 3 heterocycles. The Kier molecular flexibility index (Phi) is 9.38. The zero-order chi connectivity index (χ0) is 30.2. The molecule has 1 aliphatic heterocycles. The van der Waals surface area contributed by atoms with E-state index in [1.165, 1.54) is 0 Å². The molecule has 2 amide bonds. The highest BCUT2D eigenvalue weighted by Crippen LogP contribution is 2.28. The molecule has 1 fully saturated rings. The molecule has 1 saturated heterocycles. The van der Waals surface area contributed by atoms with Crippen LogP contribution in [0.3, 0.4) is 0 Å². The summed E-state index contributed by atoms with van der Waals surface area (Å²) in [5.74, 6) is 2.67. The summed E-state index contributed by atoms with van der Waals surface area (Å²) in [5.41, 5.74) is 2.05. The SMILES string of the molecule is CC(C)(C)c1cc(NC(=O)NCc2ccccc2Oc2ccnc(N3CCOCC3)n2)n(-c2cccc(OCCO)c2)n1. The molecule has 0 spiro atoms. The molecule has 12 nitrogen and oxygen atoms in total. The fourth-order valence-electron chi connectivity index (χ4n) is 4.41. The van der Waals surface area contributed by atoms with Crippen LogP contribution in [0.25, 0.3) is 5.69 Å². The van der Waals surface area contributed by atoms with Crippen molar-refractivity contribution >= 4 is 17.8 Å². The Labute approximate surface area is 250 Å². The smallest absolute Gasteiger partial charge is 0.320 e. The predicted octanol–water partition coefficient (Wildman–Crippen LogP) is 4.28. The maximum Gasteiger partial charge on any atom is 0.320 e. The Morgan fingerprint density at radius 2 is 1.88 bits per heavy atom. The Morgan fingerprint density at radius 3 is 2.67 bits per heavy atom. The van der Waals surface area contributed by atoms with Crippen LogP contribution in [-0.2, 0) is 16.7 Å². The zero-order valence-electron chi connectivity index (χ0n) is 24.6.